The normalized spacial score (nSPS) is 11.4. The molecule has 24 heavy (non-hydrogen) atoms. The van der Waals surface area contributed by atoms with Crippen molar-refractivity contribution in [2.45, 2.75) is 32.7 Å². The molecule has 0 fully saturated rings. The topological polar surface area (TPSA) is 79.5 Å². The lowest BCUT2D eigenvalue weighted by Crippen LogP contribution is -2.40. The van der Waals surface area contributed by atoms with Crippen molar-refractivity contribution >= 4 is 23.5 Å². The van der Waals surface area contributed by atoms with Crippen molar-refractivity contribution < 1.29 is 23.5 Å². The summed E-state index contributed by atoms with van der Waals surface area (Å²) in [6.45, 7) is 4.71. The molecule has 2 rings (SSSR count). The maximum Gasteiger partial charge on any atom is 0.339 e. The first-order valence-electron chi connectivity index (χ1n) is 7.19. The van der Waals surface area contributed by atoms with Crippen LogP contribution in [0, 0.1) is 12.7 Å². The lowest BCUT2D eigenvalue weighted by Gasteiger charge is -2.24. The van der Waals surface area contributed by atoms with E-state index in [1.807, 2.05) is 0 Å². The number of aromatic carboxylic acids is 1. The van der Waals surface area contributed by atoms with Crippen molar-refractivity contribution in [2.75, 3.05) is 0 Å². The van der Waals surface area contributed by atoms with E-state index < -0.39 is 23.1 Å². The van der Waals surface area contributed by atoms with Crippen LogP contribution in [0.5, 0.6) is 0 Å². The van der Waals surface area contributed by atoms with Crippen LogP contribution in [-0.2, 0) is 16.8 Å². The highest BCUT2D eigenvalue weighted by Crippen LogP contribution is 2.28. The van der Waals surface area contributed by atoms with E-state index in [2.05, 4.69) is 5.32 Å². The first-order chi connectivity index (χ1) is 11.1. The van der Waals surface area contributed by atoms with Gasteiger partial charge in [0, 0.05) is 10.6 Å². The van der Waals surface area contributed by atoms with E-state index in [9.17, 15) is 14.0 Å². The number of furan rings is 1. The van der Waals surface area contributed by atoms with Crippen LogP contribution in [0.4, 0.5) is 4.39 Å². The van der Waals surface area contributed by atoms with Crippen LogP contribution in [0.25, 0.3) is 0 Å². The first kappa shape index (κ1) is 18.0. The van der Waals surface area contributed by atoms with E-state index in [0.717, 1.165) is 6.07 Å². The highest BCUT2D eigenvalue weighted by atomic mass is 35.5. The van der Waals surface area contributed by atoms with Gasteiger partial charge in [-0.15, -0.1) is 0 Å². The van der Waals surface area contributed by atoms with E-state index in [1.54, 1.807) is 13.8 Å². The van der Waals surface area contributed by atoms with E-state index >= 15 is 0 Å². The van der Waals surface area contributed by atoms with Gasteiger partial charge in [0.1, 0.15) is 22.9 Å². The molecule has 1 amide bonds. The smallest absolute Gasteiger partial charge is 0.339 e. The second-order valence-electron chi connectivity index (χ2n) is 5.92. The van der Waals surface area contributed by atoms with Crippen LogP contribution in [0.15, 0.2) is 28.7 Å². The number of hydrogen-bond donors (Lipinski definition) is 2. The van der Waals surface area contributed by atoms with E-state index in [0.29, 0.717) is 5.76 Å². The molecule has 0 saturated carbocycles. The molecule has 0 aliphatic heterocycles. The average molecular weight is 354 g/mol. The van der Waals surface area contributed by atoms with Gasteiger partial charge in [-0.2, -0.15) is 0 Å². The predicted octanol–water partition coefficient (Wildman–Crippen LogP) is 3.67. The third-order valence-electron chi connectivity index (χ3n) is 3.79. The lowest BCUT2D eigenvalue weighted by atomic mass is 9.83. The second kappa shape index (κ2) is 6.65. The standard InChI is InChI=1S/C17H17ClFNO4/c1-9-12(15(21)22)7-11(24-9)8-20-16(23)17(2,3)13-5-4-10(18)6-14(13)19/h4-7H,8H2,1-3H3,(H,20,23)(H,21,22). The fraction of sp³-hybridized carbons (Fsp3) is 0.294. The monoisotopic (exact) mass is 353 g/mol. The summed E-state index contributed by atoms with van der Waals surface area (Å²) in [4.78, 5) is 23.4. The molecule has 5 nitrogen and oxygen atoms in total. The Bertz CT molecular complexity index is 798. The molecule has 0 aliphatic rings. The average Bonchev–Trinajstić information content (AvgIpc) is 2.85. The number of benzene rings is 1. The van der Waals surface area contributed by atoms with Gasteiger partial charge in [0.25, 0.3) is 0 Å². The molecular weight excluding hydrogens is 337 g/mol. The zero-order chi connectivity index (χ0) is 18.1. The van der Waals surface area contributed by atoms with Crippen molar-refractivity contribution in [3.63, 3.8) is 0 Å². The lowest BCUT2D eigenvalue weighted by molar-refractivity contribution is -0.126. The number of rotatable bonds is 5. The Kier molecular flexibility index (Phi) is 4.99. The molecule has 1 aromatic carbocycles. The van der Waals surface area contributed by atoms with Crippen LogP contribution in [-0.4, -0.2) is 17.0 Å². The minimum atomic E-state index is -1.13. The number of carbonyl (C=O) groups excluding carboxylic acids is 1. The second-order valence-corrected chi connectivity index (χ2v) is 6.36. The summed E-state index contributed by atoms with van der Waals surface area (Å²) in [5.74, 6) is -1.52. The highest BCUT2D eigenvalue weighted by molar-refractivity contribution is 6.30. The molecule has 0 bridgehead atoms. The molecule has 0 saturated heterocycles. The largest absolute Gasteiger partial charge is 0.478 e. The number of halogens is 2. The van der Waals surface area contributed by atoms with Crippen LogP contribution >= 0.6 is 11.6 Å². The number of amides is 1. The molecule has 2 N–H and O–H groups in total. The van der Waals surface area contributed by atoms with Gasteiger partial charge >= 0.3 is 5.97 Å². The SMILES string of the molecule is Cc1oc(CNC(=O)C(C)(C)c2ccc(Cl)cc2F)cc1C(=O)O. The fourth-order valence-electron chi connectivity index (χ4n) is 2.35. The quantitative estimate of drug-likeness (QED) is 0.859. The molecule has 128 valence electrons. The Labute approximate surface area is 143 Å². The van der Waals surface area contributed by atoms with Crippen molar-refractivity contribution in [3.8, 4) is 0 Å². The highest BCUT2D eigenvalue weighted by Gasteiger charge is 2.32. The summed E-state index contributed by atoms with van der Waals surface area (Å²) in [5, 5.41) is 11.9. The van der Waals surface area contributed by atoms with Crippen molar-refractivity contribution in [3.05, 3.63) is 57.8 Å². The Hall–Kier alpha value is -2.34. The predicted molar refractivity (Wildman–Crippen MR) is 86.7 cm³/mol. The number of carbonyl (C=O) groups is 2. The molecule has 0 aliphatic carbocycles. The third-order valence-corrected chi connectivity index (χ3v) is 4.03. The fourth-order valence-corrected chi connectivity index (χ4v) is 2.51. The van der Waals surface area contributed by atoms with E-state index in [1.165, 1.54) is 25.1 Å². The van der Waals surface area contributed by atoms with Gasteiger partial charge in [-0.25, -0.2) is 9.18 Å². The zero-order valence-electron chi connectivity index (χ0n) is 13.4. The Morgan fingerprint density at radius 3 is 2.54 bits per heavy atom. The number of carboxylic acid groups (broad SMARTS) is 1. The van der Waals surface area contributed by atoms with Gasteiger partial charge < -0.3 is 14.8 Å². The number of carboxylic acids is 1. The number of hydrogen-bond acceptors (Lipinski definition) is 3. The van der Waals surface area contributed by atoms with Crippen LogP contribution in [0.1, 0.15) is 41.3 Å². The summed E-state index contributed by atoms with van der Waals surface area (Å²) < 4.78 is 19.4. The number of aryl methyl sites for hydroxylation is 1. The molecule has 2 aromatic rings. The summed E-state index contributed by atoms with van der Waals surface area (Å²) in [7, 11) is 0. The third kappa shape index (κ3) is 3.59. The van der Waals surface area contributed by atoms with Crippen molar-refractivity contribution in [2.24, 2.45) is 0 Å². The molecule has 0 unspecified atom stereocenters. The summed E-state index contributed by atoms with van der Waals surface area (Å²) >= 11 is 5.73. The number of nitrogens with one attached hydrogen (secondary N) is 1. The van der Waals surface area contributed by atoms with Gasteiger partial charge in [-0.1, -0.05) is 17.7 Å². The van der Waals surface area contributed by atoms with Gasteiger partial charge in [-0.3, -0.25) is 4.79 Å². The Morgan fingerprint density at radius 1 is 1.33 bits per heavy atom. The van der Waals surface area contributed by atoms with Crippen LogP contribution in [0.2, 0.25) is 5.02 Å². The maximum absolute atomic E-state index is 14.1. The van der Waals surface area contributed by atoms with E-state index in [4.69, 9.17) is 21.1 Å². The first-order valence-corrected chi connectivity index (χ1v) is 7.57. The molecule has 0 atom stereocenters. The molecule has 7 heteroatoms. The zero-order valence-corrected chi connectivity index (χ0v) is 14.2. The maximum atomic E-state index is 14.1. The van der Waals surface area contributed by atoms with Crippen molar-refractivity contribution in [1.82, 2.24) is 5.32 Å². The van der Waals surface area contributed by atoms with Crippen molar-refractivity contribution in [1.29, 1.82) is 0 Å². The van der Waals surface area contributed by atoms with Gasteiger partial charge in [0.05, 0.1) is 12.0 Å². The Morgan fingerprint density at radius 2 is 2.00 bits per heavy atom. The molecule has 1 heterocycles. The van der Waals surface area contributed by atoms with Gasteiger partial charge in [-0.05, 0) is 39.0 Å². The van der Waals surface area contributed by atoms with Crippen LogP contribution < -0.4 is 5.32 Å². The minimum Gasteiger partial charge on any atom is -0.478 e. The summed E-state index contributed by atoms with van der Waals surface area (Å²) in [6, 6.07) is 5.50. The van der Waals surface area contributed by atoms with Gasteiger partial charge in [0.2, 0.25) is 5.91 Å². The summed E-state index contributed by atoms with van der Waals surface area (Å²) in [5.41, 5.74) is -0.875. The minimum absolute atomic E-state index is 0.00555. The molecule has 1 aromatic heterocycles. The van der Waals surface area contributed by atoms with E-state index in [-0.39, 0.29) is 28.5 Å². The molecule has 0 spiro atoms. The Balaban J connectivity index is 2.13. The molecular formula is C17H17ClFNO4. The summed E-state index contributed by atoms with van der Waals surface area (Å²) in [6.07, 6.45) is 0. The van der Waals surface area contributed by atoms with Crippen LogP contribution in [0.3, 0.4) is 0 Å². The molecule has 0 radical (unpaired) electrons. The van der Waals surface area contributed by atoms with Gasteiger partial charge in [0.15, 0.2) is 0 Å².